The minimum Gasteiger partial charge on any atom is -0.477 e. The summed E-state index contributed by atoms with van der Waals surface area (Å²) in [6.07, 6.45) is 1.67. The first-order valence-corrected chi connectivity index (χ1v) is 14.8. The van der Waals surface area contributed by atoms with E-state index in [0.29, 0.717) is 23.0 Å². The molecule has 12 nitrogen and oxygen atoms in total. The minimum absolute atomic E-state index is 0.0415. The molecule has 0 bridgehead atoms. The van der Waals surface area contributed by atoms with E-state index in [1.54, 1.807) is 24.0 Å². The smallest absolute Gasteiger partial charge is 0.353 e. The molecule has 4 heterocycles. The van der Waals surface area contributed by atoms with Crippen molar-refractivity contribution in [2.45, 2.75) is 28.1 Å². The summed E-state index contributed by atoms with van der Waals surface area (Å²) in [5, 5.41) is 14.6. The third kappa shape index (κ3) is 5.73. The first-order chi connectivity index (χ1) is 17.8. The second-order valence-corrected chi connectivity index (χ2v) is 12.6. The number of thiazole rings is 1. The molecule has 3 atom stereocenters. The Balaban J connectivity index is 1.52. The molecule has 2 aromatic rings. The largest absolute Gasteiger partial charge is 0.477 e. The highest BCUT2D eigenvalue weighted by Crippen LogP contribution is 2.46. The van der Waals surface area contributed by atoms with Gasteiger partial charge in [0.15, 0.2) is 5.13 Å². The Kier molecular flexibility index (Phi) is 8.97. The van der Waals surface area contributed by atoms with E-state index >= 15 is 0 Å². The number of carboxylic acid groups (broad SMARTS) is 1. The van der Waals surface area contributed by atoms with E-state index < -0.39 is 35.2 Å². The van der Waals surface area contributed by atoms with Gasteiger partial charge >= 0.3 is 5.97 Å². The molecule has 6 N–H and O–H groups in total. The number of nitrogens with two attached hydrogens (primary N) is 2. The Bertz CT molecular complexity index is 1280. The average Bonchev–Trinajstić information content (AvgIpc) is 3.20. The Labute approximate surface area is 232 Å². The van der Waals surface area contributed by atoms with Crippen molar-refractivity contribution in [3.63, 3.8) is 0 Å². The molecule has 2 aliphatic rings. The topological polar surface area (TPSA) is 194 Å². The SMILES string of the molecule is NCCSCc1ncccc1SC1=C(C(=O)O)N2C(=O)C(NC(=O)C(N=O)c3nc(N)sc3Cl)C2SC1. The number of halogens is 1. The number of nitrogens with one attached hydrogen (secondary N) is 1. The summed E-state index contributed by atoms with van der Waals surface area (Å²) in [6.45, 7) is 0.537. The number of nitroso groups, excluding NO2 is 1. The van der Waals surface area contributed by atoms with Crippen LogP contribution in [-0.4, -0.2) is 67.2 Å². The summed E-state index contributed by atoms with van der Waals surface area (Å²) in [4.78, 5) is 60.1. The average molecular weight is 602 g/mol. The van der Waals surface area contributed by atoms with Gasteiger partial charge in [0.2, 0.25) is 6.04 Å². The van der Waals surface area contributed by atoms with Crippen molar-refractivity contribution < 1.29 is 19.5 Å². The highest BCUT2D eigenvalue weighted by molar-refractivity contribution is 8.06. The minimum atomic E-state index is -1.60. The lowest BCUT2D eigenvalue weighted by atomic mass is 10.0. The number of carboxylic acids is 1. The first kappa shape index (κ1) is 27.7. The number of amides is 2. The van der Waals surface area contributed by atoms with Crippen molar-refractivity contribution in [1.82, 2.24) is 20.2 Å². The van der Waals surface area contributed by atoms with E-state index in [0.717, 1.165) is 32.6 Å². The van der Waals surface area contributed by atoms with Crippen LogP contribution < -0.4 is 16.8 Å². The first-order valence-electron chi connectivity index (χ1n) is 10.6. The molecule has 1 saturated heterocycles. The van der Waals surface area contributed by atoms with Gasteiger partial charge in [-0.3, -0.25) is 19.5 Å². The number of aliphatic carboxylic acids is 1. The predicted octanol–water partition coefficient (Wildman–Crippen LogP) is 2.26. The fourth-order valence-corrected chi connectivity index (χ4v) is 8.00. The van der Waals surface area contributed by atoms with Gasteiger partial charge in [-0.25, -0.2) is 9.78 Å². The molecule has 17 heteroatoms. The van der Waals surface area contributed by atoms with Crippen molar-refractivity contribution in [1.29, 1.82) is 0 Å². The van der Waals surface area contributed by atoms with Crippen LogP contribution in [0.15, 0.2) is 39.0 Å². The van der Waals surface area contributed by atoms with Crippen molar-refractivity contribution in [3.8, 4) is 0 Å². The van der Waals surface area contributed by atoms with E-state index in [1.807, 2.05) is 6.07 Å². The number of fused-ring (bicyclic) bond motifs is 1. The zero-order valence-corrected chi connectivity index (χ0v) is 22.8. The third-order valence-electron chi connectivity index (χ3n) is 5.26. The molecule has 0 aromatic carbocycles. The summed E-state index contributed by atoms with van der Waals surface area (Å²) in [7, 11) is 0. The lowest BCUT2D eigenvalue weighted by Gasteiger charge is -2.49. The maximum absolute atomic E-state index is 13.0. The van der Waals surface area contributed by atoms with Gasteiger partial charge in [-0.2, -0.15) is 11.8 Å². The number of nitrogen functional groups attached to an aromatic ring is 1. The van der Waals surface area contributed by atoms with Gasteiger partial charge in [-0.15, -0.1) is 16.7 Å². The number of thioether (sulfide) groups is 3. The number of carbonyl (C=O) groups is 3. The standard InChI is InChI=1S/C20H20ClN7O5S4/c21-15-11(26-20(23)37-15)12(27-33)16(29)25-13-17(30)28-14(19(31)32)10(7-35-18(13)28)36-9-2-1-4-24-8(9)6-34-5-3-22/h1-2,4,12-13,18H,3,5-7,22H2,(H2,23,26)(H,25,29)(H,31,32). The number of rotatable bonds is 11. The highest BCUT2D eigenvalue weighted by atomic mass is 35.5. The predicted molar refractivity (Wildman–Crippen MR) is 145 cm³/mol. The number of pyridine rings is 1. The quantitative estimate of drug-likeness (QED) is 0.167. The van der Waals surface area contributed by atoms with Crippen LogP contribution in [0.5, 0.6) is 0 Å². The van der Waals surface area contributed by atoms with Crippen molar-refractivity contribution in [2.24, 2.45) is 10.9 Å². The molecule has 37 heavy (non-hydrogen) atoms. The van der Waals surface area contributed by atoms with Gasteiger partial charge < -0.3 is 21.9 Å². The van der Waals surface area contributed by atoms with Gasteiger partial charge in [0.05, 0.1) is 5.69 Å². The molecule has 0 spiro atoms. The second-order valence-electron chi connectivity index (χ2n) is 7.58. The van der Waals surface area contributed by atoms with Crippen LogP contribution >= 0.6 is 58.2 Å². The Morgan fingerprint density at radius 3 is 2.86 bits per heavy atom. The molecule has 2 aliphatic heterocycles. The third-order valence-corrected chi connectivity index (χ3v) is 10.0. The molecule has 4 rings (SSSR count). The van der Waals surface area contributed by atoms with Crippen LogP contribution in [0.25, 0.3) is 0 Å². The number of nitrogens with zero attached hydrogens (tertiary/aromatic N) is 4. The van der Waals surface area contributed by atoms with Crippen molar-refractivity contribution >= 4 is 81.1 Å². The lowest BCUT2D eigenvalue weighted by molar-refractivity contribution is -0.150. The molecular formula is C20H20ClN7O5S4. The van der Waals surface area contributed by atoms with Crippen LogP contribution in [0.2, 0.25) is 4.34 Å². The van der Waals surface area contributed by atoms with Crippen molar-refractivity contribution in [3.05, 3.63) is 49.6 Å². The number of hydrogen-bond acceptors (Lipinski definition) is 13. The normalized spacial score (nSPS) is 19.7. The molecule has 2 amide bonds. The summed E-state index contributed by atoms with van der Waals surface area (Å²) in [5.41, 5.74) is 11.7. The summed E-state index contributed by atoms with van der Waals surface area (Å²) in [5.74, 6) is -1.08. The van der Waals surface area contributed by atoms with Gasteiger partial charge in [-0.05, 0) is 17.3 Å². The Hall–Kier alpha value is -2.37. The molecular weight excluding hydrogens is 582 g/mol. The van der Waals surface area contributed by atoms with E-state index in [2.05, 4.69) is 20.5 Å². The highest BCUT2D eigenvalue weighted by Gasteiger charge is 2.55. The van der Waals surface area contributed by atoms with Gasteiger partial charge in [0.25, 0.3) is 11.8 Å². The number of carbonyl (C=O) groups excluding carboxylic acids is 2. The monoisotopic (exact) mass is 601 g/mol. The van der Waals surface area contributed by atoms with Crippen LogP contribution in [0.4, 0.5) is 5.13 Å². The number of anilines is 1. The van der Waals surface area contributed by atoms with Gasteiger partial charge in [0, 0.05) is 39.8 Å². The van der Waals surface area contributed by atoms with E-state index in [-0.39, 0.29) is 20.9 Å². The fourth-order valence-electron chi connectivity index (χ4n) is 3.63. The second kappa shape index (κ2) is 12.0. The van der Waals surface area contributed by atoms with E-state index in [4.69, 9.17) is 23.1 Å². The number of β-lactam (4-membered cyclic amide) rings is 1. The Morgan fingerprint density at radius 2 is 2.22 bits per heavy atom. The van der Waals surface area contributed by atoms with Crippen LogP contribution in [0, 0.1) is 4.91 Å². The van der Waals surface area contributed by atoms with E-state index in [9.17, 15) is 24.4 Å². The van der Waals surface area contributed by atoms with Crippen LogP contribution in [-0.2, 0) is 20.1 Å². The molecule has 3 unspecified atom stereocenters. The lowest BCUT2D eigenvalue weighted by Crippen LogP contribution is -2.70. The zero-order valence-electron chi connectivity index (χ0n) is 18.8. The molecule has 0 saturated carbocycles. The number of aromatic nitrogens is 2. The summed E-state index contributed by atoms with van der Waals surface area (Å²) < 4.78 is 0.0415. The van der Waals surface area contributed by atoms with Crippen molar-refractivity contribution in [2.75, 3.05) is 23.8 Å². The van der Waals surface area contributed by atoms with Crippen LogP contribution in [0.3, 0.4) is 0 Å². The number of hydrogen-bond donors (Lipinski definition) is 4. The van der Waals surface area contributed by atoms with E-state index in [1.165, 1.54) is 23.5 Å². The Morgan fingerprint density at radius 1 is 1.43 bits per heavy atom. The summed E-state index contributed by atoms with van der Waals surface area (Å²) in [6, 6.07) is 0.972. The maximum Gasteiger partial charge on any atom is 0.353 e. The maximum atomic E-state index is 13.0. The van der Waals surface area contributed by atoms with Gasteiger partial charge in [0.1, 0.15) is 27.1 Å². The fraction of sp³-hybridized carbons (Fsp3) is 0.350. The molecule has 0 radical (unpaired) electrons. The molecule has 0 aliphatic carbocycles. The zero-order chi connectivity index (χ0) is 26.7. The summed E-state index contributed by atoms with van der Waals surface area (Å²) >= 11 is 11.1. The molecule has 2 aromatic heterocycles. The van der Waals surface area contributed by atoms with Crippen LogP contribution in [0.1, 0.15) is 17.4 Å². The molecule has 1 fully saturated rings. The molecule has 196 valence electrons. The van der Waals surface area contributed by atoms with Gasteiger partial charge in [-0.1, -0.05) is 34.7 Å².